The third-order valence-electron chi connectivity index (χ3n) is 11.4. The van der Waals surface area contributed by atoms with E-state index in [-0.39, 0.29) is 0 Å². The molecular formula is C54H32N6. The van der Waals surface area contributed by atoms with Crippen molar-refractivity contribution in [1.29, 1.82) is 10.5 Å². The van der Waals surface area contributed by atoms with Crippen LogP contribution in [0.15, 0.2) is 194 Å². The molecular weight excluding hydrogens is 733 g/mol. The van der Waals surface area contributed by atoms with Gasteiger partial charge in [0.2, 0.25) is 0 Å². The average molecular weight is 765 g/mol. The summed E-state index contributed by atoms with van der Waals surface area (Å²) in [6, 6.07) is 70.9. The molecule has 60 heavy (non-hydrogen) atoms. The Morgan fingerprint density at radius 1 is 0.350 bits per heavy atom. The first-order chi connectivity index (χ1) is 29.7. The summed E-state index contributed by atoms with van der Waals surface area (Å²) >= 11 is 0. The molecule has 0 amide bonds. The van der Waals surface area contributed by atoms with Crippen LogP contribution in [0.1, 0.15) is 11.1 Å². The second-order valence-electron chi connectivity index (χ2n) is 14.8. The van der Waals surface area contributed by atoms with E-state index < -0.39 is 0 Å². The topological polar surface area (TPSA) is 83.2 Å². The SMILES string of the molecule is N#Cc1ccc2c(c1)c1cc(C#N)ccc1n2-c1ccc(-c2cc(-c3ccccc3)nc(-c3ccccc3)n2)cc1-c1ccccc1-n1c2ccccc2c2ccccc21. The van der Waals surface area contributed by atoms with Crippen molar-refractivity contribution < 1.29 is 0 Å². The summed E-state index contributed by atoms with van der Waals surface area (Å²) < 4.78 is 4.63. The number of para-hydroxylation sites is 3. The van der Waals surface area contributed by atoms with Crippen molar-refractivity contribution in [3.05, 3.63) is 205 Å². The van der Waals surface area contributed by atoms with Gasteiger partial charge >= 0.3 is 0 Å². The second kappa shape index (κ2) is 14.1. The summed E-state index contributed by atoms with van der Waals surface area (Å²) in [6.07, 6.45) is 0. The van der Waals surface area contributed by atoms with Gasteiger partial charge in [-0.3, -0.25) is 0 Å². The number of hydrogen-bond donors (Lipinski definition) is 0. The van der Waals surface area contributed by atoms with Crippen LogP contribution >= 0.6 is 0 Å². The summed E-state index contributed by atoms with van der Waals surface area (Å²) in [5.74, 6) is 0.646. The maximum Gasteiger partial charge on any atom is 0.160 e. The monoisotopic (exact) mass is 764 g/mol. The number of rotatable bonds is 6. The summed E-state index contributed by atoms with van der Waals surface area (Å²) in [5.41, 5.74) is 13.7. The van der Waals surface area contributed by atoms with Crippen LogP contribution in [0.2, 0.25) is 0 Å². The van der Waals surface area contributed by atoms with Crippen molar-refractivity contribution in [2.45, 2.75) is 0 Å². The molecule has 0 saturated heterocycles. The van der Waals surface area contributed by atoms with Crippen molar-refractivity contribution in [3.8, 4) is 68.5 Å². The Morgan fingerprint density at radius 2 is 0.833 bits per heavy atom. The predicted octanol–water partition coefficient (Wildman–Crippen LogP) is 13.1. The van der Waals surface area contributed by atoms with Crippen LogP contribution in [-0.2, 0) is 0 Å². The van der Waals surface area contributed by atoms with E-state index in [1.807, 2.05) is 84.9 Å². The molecule has 0 spiro atoms. The lowest BCUT2D eigenvalue weighted by atomic mass is 9.96. The lowest BCUT2D eigenvalue weighted by molar-refractivity contribution is 1.16. The molecule has 11 rings (SSSR count). The Balaban J connectivity index is 1.24. The second-order valence-corrected chi connectivity index (χ2v) is 14.8. The van der Waals surface area contributed by atoms with Crippen molar-refractivity contribution in [3.63, 3.8) is 0 Å². The number of nitriles is 2. The van der Waals surface area contributed by atoms with E-state index in [1.165, 1.54) is 10.8 Å². The van der Waals surface area contributed by atoms with Gasteiger partial charge in [0.05, 0.1) is 68.1 Å². The molecule has 0 saturated carbocycles. The largest absolute Gasteiger partial charge is 0.309 e. The van der Waals surface area contributed by atoms with Crippen LogP contribution in [0.3, 0.4) is 0 Å². The lowest BCUT2D eigenvalue weighted by Gasteiger charge is -2.20. The smallest absolute Gasteiger partial charge is 0.160 e. The minimum absolute atomic E-state index is 0.559. The summed E-state index contributed by atoms with van der Waals surface area (Å²) in [4.78, 5) is 10.3. The minimum atomic E-state index is 0.559. The zero-order valence-electron chi connectivity index (χ0n) is 32.2. The molecule has 278 valence electrons. The van der Waals surface area contributed by atoms with E-state index in [2.05, 4.69) is 130 Å². The molecule has 0 bridgehead atoms. The van der Waals surface area contributed by atoms with E-state index in [1.54, 1.807) is 0 Å². The number of hydrogen-bond acceptors (Lipinski definition) is 4. The molecule has 0 atom stereocenters. The highest BCUT2D eigenvalue weighted by atomic mass is 15.0. The van der Waals surface area contributed by atoms with Crippen LogP contribution < -0.4 is 0 Å². The van der Waals surface area contributed by atoms with Gasteiger partial charge in [-0.2, -0.15) is 10.5 Å². The highest BCUT2D eigenvalue weighted by Gasteiger charge is 2.22. The Morgan fingerprint density at radius 3 is 1.43 bits per heavy atom. The van der Waals surface area contributed by atoms with Crippen LogP contribution in [0.25, 0.3) is 100 Å². The molecule has 3 aromatic heterocycles. The van der Waals surface area contributed by atoms with Crippen molar-refractivity contribution >= 4 is 43.6 Å². The molecule has 8 aromatic carbocycles. The maximum atomic E-state index is 9.96. The quantitative estimate of drug-likeness (QED) is 0.169. The molecule has 0 aliphatic heterocycles. The average Bonchev–Trinajstić information content (AvgIpc) is 3.83. The van der Waals surface area contributed by atoms with Gasteiger partial charge in [-0.15, -0.1) is 0 Å². The Labute approximate surface area is 345 Å². The normalized spacial score (nSPS) is 11.3. The Hall–Kier alpha value is -8.58. The van der Waals surface area contributed by atoms with Crippen molar-refractivity contribution in [2.75, 3.05) is 0 Å². The van der Waals surface area contributed by atoms with Crippen molar-refractivity contribution in [1.82, 2.24) is 19.1 Å². The number of benzene rings is 8. The van der Waals surface area contributed by atoms with Gasteiger partial charge in [-0.05, 0) is 72.8 Å². The van der Waals surface area contributed by atoms with E-state index in [9.17, 15) is 10.5 Å². The molecule has 6 nitrogen and oxygen atoms in total. The van der Waals surface area contributed by atoms with Gasteiger partial charge in [-0.1, -0.05) is 121 Å². The molecule has 0 radical (unpaired) electrons. The van der Waals surface area contributed by atoms with Gasteiger partial charge < -0.3 is 9.13 Å². The zero-order chi connectivity index (χ0) is 40.2. The zero-order valence-corrected chi connectivity index (χ0v) is 32.2. The van der Waals surface area contributed by atoms with Crippen molar-refractivity contribution in [2.24, 2.45) is 0 Å². The van der Waals surface area contributed by atoms with Crippen LogP contribution in [-0.4, -0.2) is 19.1 Å². The lowest BCUT2D eigenvalue weighted by Crippen LogP contribution is -2.02. The van der Waals surface area contributed by atoms with Gasteiger partial charge in [0, 0.05) is 49.4 Å². The predicted molar refractivity (Wildman–Crippen MR) is 242 cm³/mol. The number of nitrogens with zero attached hydrogens (tertiary/aromatic N) is 6. The van der Waals surface area contributed by atoms with E-state index in [0.29, 0.717) is 17.0 Å². The van der Waals surface area contributed by atoms with Gasteiger partial charge in [0.25, 0.3) is 0 Å². The molecule has 3 heterocycles. The first-order valence-corrected chi connectivity index (χ1v) is 19.8. The minimum Gasteiger partial charge on any atom is -0.309 e. The third kappa shape index (κ3) is 5.63. The highest BCUT2D eigenvalue weighted by Crippen LogP contribution is 2.42. The van der Waals surface area contributed by atoms with E-state index in [4.69, 9.17) is 9.97 Å². The number of aromatic nitrogens is 4. The van der Waals surface area contributed by atoms with Gasteiger partial charge in [-0.25, -0.2) is 9.97 Å². The first kappa shape index (κ1) is 34.7. The molecule has 6 heteroatoms. The fourth-order valence-electron chi connectivity index (χ4n) is 8.67. The highest BCUT2D eigenvalue weighted by molar-refractivity contribution is 6.12. The molecule has 11 aromatic rings. The summed E-state index contributed by atoms with van der Waals surface area (Å²) in [7, 11) is 0. The van der Waals surface area contributed by atoms with Gasteiger partial charge in [0.15, 0.2) is 5.82 Å². The Bertz CT molecular complexity index is 3380. The molecule has 0 unspecified atom stereocenters. The number of fused-ring (bicyclic) bond motifs is 6. The maximum absolute atomic E-state index is 9.96. The summed E-state index contributed by atoms with van der Waals surface area (Å²) in [5, 5.41) is 24.1. The van der Waals surface area contributed by atoms with Crippen LogP contribution in [0.4, 0.5) is 0 Å². The third-order valence-corrected chi connectivity index (χ3v) is 11.4. The summed E-state index contributed by atoms with van der Waals surface area (Å²) in [6.45, 7) is 0. The standard InChI is InChI=1S/C54H32N6/c55-33-35-23-26-51-43(29-35)44-30-36(34-56)24-27-52(44)60(51)53-28-25-39(47-32-46(37-13-3-1-4-14-37)57-54(58-47)38-15-5-2-6-16-38)31-45(53)42-19-9-12-22-50(42)59-48-20-10-7-17-40(48)41-18-8-11-21-49(41)59/h1-32H. The fourth-order valence-corrected chi connectivity index (χ4v) is 8.67. The molecule has 0 N–H and O–H groups in total. The first-order valence-electron chi connectivity index (χ1n) is 19.8. The Kier molecular flexibility index (Phi) is 8.15. The van der Waals surface area contributed by atoms with Crippen LogP contribution in [0.5, 0.6) is 0 Å². The van der Waals surface area contributed by atoms with Gasteiger partial charge in [0.1, 0.15) is 0 Å². The molecule has 0 aliphatic rings. The molecule has 0 fully saturated rings. The molecule has 0 aliphatic carbocycles. The fraction of sp³-hybridized carbons (Fsp3) is 0. The van der Waals surface area contributed by atoms with E-state index >= 15 is 0 Å². The van der Waals surface area contributed by atoms with E-state index in [0.717, 1.165) is 83.4 Å². The van der Waals surface area contributed by atoms with Crippen LogP contribution in [0, 0.1) is 22.7 Å².